The van der Waals surface area contributed by atoms with E-state index in [1.54, 1.807) is 0 Å². The van der Waals surface area contributed by atoms with Crippen LogP contribution >= 0.6 is 0 Å². The number of rotatable bonds is 5. The summed E-state index contributed by atoms with van der Waals surface area (Å²) in [5.74, 6) is 0.861. The lowest BCUT2D eigenvalue weighted by atomic mass is 10.3. The molecule has 1 N–H and O–H groups in total. The lowest BCUT2D eigenvalue weighted by Gasteiger charge is -2.21. The van der Waals surface area contributed by atoms with Gasteiger partial charge in [0.2, 0.25) is 0 Å². The Kier molecular flexibility index (Phi) is 5.02. The molecular weight excluding hydrogens is 314 g/mol. The van der Waals surface area contributed by atoms with Gasteiger partial charge in [0.15, 0.2) is 5.96 Å². The van der Waals surface area contributed by atoms with E-state index >= 15 is 0 Å². The molecular formula is C18H25N7. The van der Waals surface area contributed by atoms with Crippen molar-refractivity contribution in [3.8, 4) is 0 Å². The first kappa shape index (κ1) is 17.0. The van der Waals surface area contributed by atoms with Crippen molar-refractivity contribution in [2.45, 2.75) is 26.9 Å². The van der Waals surface area contributed by atoms with Crippen LogP contribution in [-0.2, 0) is 20.1 Å². The standard InChI is InChI=1S/C18H25N7/c1-5-19-18(23(3)11-15-9-21-24(4)12-15)20-10-16-13-25-14(2)7-6-8-17(25)22-16/h6-9,12-13H,5,10-11H2,1-4H3,(H,19,20). The average molecular weight is 339 g/mol. The van der Waals surface area contributed by atoms with Gasteiger partial charge in [0.1, 0.15) is 5.65 Å². The summed E-state index contributed by atoms with van der Waals surface area (Å²) in [6.45, 7) is 6.26. The third-order valence-corrected chi connectivity index (χ3v) is 4.01. The van der Waals surface area contributed by atoms with E-state index in [0.717, 1.165) is 36.0 Å². The molecule has 0 saturated carbocycles. The van der Waals surface area contributed by atoms with E-state index in [2.05, 4.69) is 50.8 Å². The van der Waals surface area contributed by atoms with Crippen LogP contribution in [-0.4, -0.2) is 43.6 Å². The van der Waals surface area contributed by atoms with E-state index in [1.165, 1.54) is 5.69 Å². The van der Waals surface area contributed by atoms with Gasteiger partial charge in [-0.3, -0.25) is 4.68 Å². The first-order chi connectivity index (χ1) is 12.1. The second kappa shape index (κ2) is 7.38. The summed E-state index contributed by atoms with van der Waals surface area (Å²) in [5.41, 5.74) is 4.23. The maximum Gasteiger partial charge on any atom is 0.194 e. The number of nitrogens with one attached hydrogen (secondary N) is 1. The van der Waals surface area contributed by atoms with Crippen LogP contribution in [0.15, 0.2) is 41.8 Å². The van der Waals surface area contributed by atoms with Gasteiger partial charge in [-0.25, -0.2) is 9.98 Å². The molecule has 0 amide bonds. The molecule has 0 fully saturated rings. The third kappa shape index (κ3) is 3.99. The van der Waals surface area contributed by atoms with Crippen LogP contribution in [0, 0.1) is 6.92 Å². The molecule has 0 atom stereocenters. The maximum absolute atomic E-state index is 4.74. The van der Waals surface area contributed by atoms with Crippen molar-refractivity contribution >= 4 is 11.6 Å². The van der Waals surface area contributed by atoms with Crippen molar-refractivity contribution in [3.63, 3.8) is 0 Å². The number of nitrogens with zero attached hydrogens (tertiary/aromatic N) is 6. The molecule has 0 radical (unpaired) electrons. The van der Waals surface area contributed by atoms with Crippen LogP contribution in [0.25, 0.3) is 5.65 Å². The predicted molar refractivity (Wildman–Crippen MR) is 99.4 cm³/mol. The SMILES string of the molecule is CCNC(=NCc1cn2c(C)cccc2n1)N(C)Cc1cnn(C)c1. The van der Waals surface area contributed by atoms with Crippen molar-refractivity contribution in [3.05, 3.63) is 53.7 Å². The number of aliphatic imine (C=N–C) groups is 1. The van der Waals surface area contributed by atoms with Crippen LogP contribution in [0.3, 0.4) is 0 Å². The molecule has 3 rings (SSSR count). The average Bonchev–Trinajstić information content (AvgIpc) is 3.18. The summed E-state index contributed by atoms with van der Waals surface area (Å²) in [4.78, 5) is 11.5. The van der Waals surface area contributed by atoms with Gasteiger partial charge < -0.3 is 14.6 Å². The van der Waals surface area contributed by atoms with Crippen molar-refractivity contribution in [1.29, 1.82) is 0 Å². The minimum atomic E-state index is 0.542. The van der Waals surface area contributed by atoms with Gasteiger partial charge in [-0.15, -0.1) is 0 Å². The second-order valence-electron chi connectivity index (χ2n) is 6.18. The Hall–Kier alpha value is -2.83. The summed E-state index contributed by atoms with van der Waals surface area (Å²) < 4.78 is 3.91. The summed E-state index contributed by atoms with van der Waals surface area (Å²) in [5, 5.41) is 7.56. The molecule has 0 spiro atoms. The highest BCUT2D eigenvalue weighted by Crippen LogP contribution is 2.09. The van der Waals surface area contributed by atoms with Crippen LogP contribution < -0.4 is 5.32 Å². The van der Waals surface area contributed by atoms with E-state index in [4.69, 9.17) is 4.99 Å². The first-order valence-electron chi connectivity index (χ1n) is 8.47. The molecule has 0 aliphatic carbocycles. The Morgan fingerprint density at radius 1 is 1.32 bits per heavy atom. The van der Waals surface area contributed by atoms with E-state index < -0.39 is 0 Å². The molecule has 0 unspecified atom stereocenters. The smallest absolute Gasteiger partial charge is 0.194 e. The van der Waals surface area contributed by atoms with Crippen LogP contribution in [0.1, 0.15) is 23.9 Å². The number of aromatic nitrogens is 4. The highest BCUT2D eigenvalue weighted by molar-refractivity contribution is 5.79. The largest absolute Gasteiger partial charge is 0.357 e. The summed E-state index contributed by atoms with van der Waals surface area (Å²) in [7, 11) is 3.95. The molecule has 7 heteroatoms. The molecule has 7 nitrogen and oxygen atoms in total. The molecule has 0 aliphatic rings. The van der Waals surface area contributed by atoms with E-state index in [0.29, 0.717) is 6.54 Å². The number of fused-ring (bicyclic) bond motifs is 1. The Labute approximate surface area is 148 Å². The number of aryl methyl sites for hydroxylation is 2. The number of imidazole rings is 1. The van der Waals surface area contributed by atoms with E-state index in [1.807, 2.05) is 43.3 Å². The molecule has 0 saturated heterocycles. The molecule has 132 valence electrons. The van der Waals surface area contributed by atoms with Gasteiger partial charge in [-0.05, 0) is 26.0 Å². The Bertz CT molecular complexity index is 875. The molecule has 25 heavy (non-hydrogen) atoms. The van der Waals surface area contributed by atoms with Gasteiger partial charge >= 0.3 is 0 Å². The van der Waals surface area contributed by atoms with Crippen LogP contribution in [0.4, 0.5) is 0 Å². The first-order valence-corrected chi connectivity index (χ1v) is 8.47. The van der Waals surface area contributed by atoms with Crippen molar-refractivity contribution in [2.24, 2.45) is 12.0 Å². The number of hydrogen-bond donors (Lipinski definition) is 1. The van der Waals surface area contributed by atoms with E-state index in [9.17, 15) is 0 Å². The zero-order chi connectivity index (χ0) is 17.8. The zero-order valence-corrected chi connectivity index (χ0v) is 15.3. The molecule has 3 aromatic heterocycles. The quantitative estimate of drug-likeness (QED) is 0.570. The van der Waals surface area contributed by atoms with Gasteiger partial charge in [0.05, 0.1) is 18.4 Å². The number of hydrogen-bond acceptors (Lipinski definition) is 3. The zero-order valence-electron chi connectivity index (χ0n) is 15.3. The molecule has 3 heterocycles. The predicted octanol–water partition coefficient (Wildman–Crippen LogP) is 1.97. The topological polar surface area (TPSA) is 62.8 Å². The Balaban J connectivity index is 1.75. The number of guanidine groups is 1. The van der Waals surface area contributed by atoms with Gasteiger partial charge in [0, 0.05) is 50.8 Å². The monoisotopic (exact) mass is 339 g/mol. The summed E-state index contributed by atoms with van der Waals surface area (Å²) in [6.07, 6.45) is 5.95. The maximum atomic E-state index is 4.74. The fraction of sp³-hybridized carbons (Fsp3) is 0.389. The minimum absolute atomic E-state index is 0.542. The highest BCUT2D eigenvalue weighted by Gasteiger charge is 2.09. The van der Waals surface area contributed by atoms with Crippen LogP contribution in [0.5, 0.6) is 0 Å². The molecule has 3 aromatic rings. The number of pyridine rings is 1. The highest BCUT2D eigenvalue weighted by atomic mass is 15.3. The van der Waals surface area contributed by atoms with Crippen molar-refractivity contribution in [1.82, 2.24) is 29.4 Å². The Morgan fingerprint density at radius 3 is 2.84 bits per heavy atom. The van der Waals surface area contributed by atoms with Crippen LogP contribution in [0.2, 0.25) is 0 Å². The van der Waals surface area contributed by atoms with Crippen molar-refractivity contribution < 1.29 is 0 Å². The Morgan fingerprint density at radius 2 is 2.16 bits per heavy atom. The normalized spacial score (nSPS) is 11.9. The fourth-order valence-electron chi connectivity index (χ4n) is 2.80. The van der Waals surface area contributed by atoms with E-state index in [-0.39, 0.29) is 0 Å². The molecule has 0 aromatic carbocycles. The summed E-state index contributed by atoms with van der Waals surface area (Å²) in [6, 6.07) is 6.11. The minimum Gasteiger partial charge on any atom is -0.357 e. The third-order valence-electron chi connectivity index (χ3n) is 4.01. The lowest BCUT2D eigenvalue weighted by molar-refractivity contribution is 0.476. The lowest BCUT2D eigenvalue weighted by Crippen LogP contribution is -2.38. The van der Waals surface area contributed by atoms with Gasteiger partial charge in [-0.1, -0.05) is 6.07 Å². The van der Waals surface area contributed by atoms with Gasteiger partial charge in [0.25, 0.3) is 0 Å². The summed E-state index contributed by atoms with van der Waals surface area (Å²) >= 11 is 0. The molecule has 0 bridgehead atoms. The molecule has 0 aliphatic heterocycles. The van der Waals surface area contributed by atoms with Crippen molar-refractivity contribution in [2.75, 3.05) is 13.6 Å². The second-order valence-corrected chi connectivity index (χ2v) is 6.18. The fourth-order valence-corrected chi connectivity index (χ4v) is 2.80. The van der Waals surface area contributed by atoms with Gasteiger partial charge in [-0.2, -0.15) is 5.10 Å².